The standard InChI is InChI=1S/C31H43IO5/c1-20-5-7-21(8-6-20)24-18-29(2)25(12-14-31(29,36-4)27(34)19-35-3)23-11-13-30(32)17-22(37-16-15-33)9-10-26(30)28(23)24/h5-8,22-25,33H,9-19H2,1-4H3/t22?,23?,24-,25?,29+,30?,31+/m1/s1. The minimum Gasteiger partial charge on any atom is -0.394 e. The number of Topliss-reactive ketones (excluding diaryl/α,β-unsaturated/α-hetero) is 1. The first-order valence-electron chi connectivity index (χ1n) is 14.0. The van der Waals surface area contributed by atoms with Crippen molar-refractivity contribution >= 4 is 28.4 Å². The van der Waals surface area contributed by atoms with Crippen LogP contribution in [0.5, 0.6) is 0 Å². The highest BCUT2D eigenvalue weighted by molar-refractivity contribution is 14.1. The number of alkyl halides is 1. The van der Waals surface area contributed by atoms with E-state index in [-0.39, 0.29) is 39.9 Å². The monoisotopic (exact) mass is 622 g/mol. The first kappa shape index (κ1) is 27.8. The summed E-state index contributed by atoms with van der Waals surface area (Å²) in [5.74, 6) is 1.29. The highest BCUT2D eigenvalue weighted by Crippen LogP contribution is 2.69. The van der Waals surface area contributed by atoms with Crippen LogP contribution < -0.4 is 0 Å². The van der Waals surface area contributed by atoms with Crippen LogP contribution in [-0.2, 0) is 19.0 Å². The van der Waals surface area contributed by atoms with Crippen molar-refractivity contribution in [1.29, 1.82) is 0 Å². The first-order chi connectivity index (χ1) is 17.7. The molecule has 3 fully saturated rings. The van der Waals surface area contributed by atoms with Crippen LogP contribution in [0.25, 0.3) is 0 Å². The number of rotatable bonds is 8. The normalized spacial score (nSPS) is 39.2. The molecule has 0 bridgehead atoms. The largest absolute Gasteiger partial charge is 0.394 e. The van der Waals surface area contributed by atoms with Crippen LogP contribution >= 0.6 is 22.6 Å². The highest BCUT2D eigenvalue weighted by atomic mass is 127. The van der Waals surface area contributed by atoms with Crippen molar-refractivity contribution in [3.05, 3.63) is 46.5 Å². The number of carbonyl (C=O) groups excluding carboxylic acids is 1. The Hall–Kier alpha value is -0.800. The van der Waals surface area contributed by atoms with E-state index >= 15 is 0 Å². The van der Waals surface area contributed by atoms with Crippen molar-refractivity contribution in [2.45, 2.75) is 86.3 Å². The van der Waals surface area contributed by atoms with Crippen LogP contribution in [0.4, 0.5) is 0 Å². The molecular formula is C31H43IO5. The number of methoxy groups -OCH3 is 2. The molecule has 0 amide bonds. The molecule has 37 heavy (non-hydrogen) atoms. The van der Waals surface area contributed by atoms with Crippen molar-refractivity contribution in [1.82, 2.24) is 0 Å². The van der Waals surface area contributed by atoms with Gasteiger partial charge in [0.25, 0.3) is 0 Å². The second kappa shape index (κ2) is 10.6. The Kier molecular flexibility index (Phi) is 7.98. The number of aryl methyl sites for hydroxylation is 1. The summed E-state index contributed by atoms with van der Waals surface area (Å²) in [4.78, 5) is 13.6. The number of carbonyl (C=O) groups is 1. The molecule has 7 atom stereocenters. The molecule has 4 unspecified atom stereocenters. The van der Waals surface area contributed by atoms with Crippen LogP contribution in [0.2, 0.25) is 0 Å². The van der Waals surface area contributed by atoms with E-state index in [4.69, 9.17) is 14.2 Å². The van der Waals surface area contributed by atoms with Gasteiger partial charge >= 0.3 is 0 Å². The number of aliphatic hydroxyl groups is 1. The van der Waals surface area contributed by atoms with Crippen molar-refractivity contribution in [3.63, 3.8) is 0 Å². The predicted molar refractivity (Wildman–Crippen MR) is 153 cm³/mol. The average molecular weight is 623 g/mol. The average Bonchev–Trinajstić information content (AvgIpc) is 3.19. The van der Waals surface area contributed by atoms with Crippen LogP contribution in [0.3, 0.4) is 0 Å². The summed E-state index contributed by atoms with van der Waals surface area (Å²) in [6, 6.07) is 9.10. The van der Waals surface area contributed by atoms with Gasteiger partial charge in [-0.2, -0.15) is 0 Å². The van der Waals surface area contributed by atoms with Crippen molar-refractivity contribution in [2.75, 3.05) is 34.0 Å². The fourth-order valence-corrected chi connectivity index (χ4v) is 10.2. The molecule has 1 N–H and O–H groups in total. The van der Waals surface area contributed by atoms with E-state index in [1.165, 1.54) is 11.1 Å². The lowest BCUT2D eigenvalue weighted by molar-refractivity contribution is -0.166. The molecule has 6 heteroatoms. The van der Waals surface area contributed by atoms with Gasteiger partial charge in [-0.1, -0.05) is 70.5 Å². The third-order valence-electron chi connectivity index (χ3n) is 10.4. The fourth-order valence-electron chi connectivity index (χ4n) is 8.79. The van der Waals surface area contributed by atoms with E-state index in [2.05, 4.69) is 60.7 Å². The molecule has 0 aromatic heterocycles. The number of allylic oxidation sites excluding steroid dienone is 2. The smallest absolute Gasteiger partial charge is 0.190 e. The van der Waals surface area contributed by atoms with E-state index < -0.39 is 5.60 Å². The number of hydrogen-bond acceptors (Lipinski definition) is 5. The molecule has 4 aliphatic carbocycles. The van der Waals surface area contributed by atoms with E-state index in [9.17, 15) is 9.90 Å². The van der Waals surface area contributed by atoms with Gasteiger partial charge in [0.1, 0.15) is 12.2 Å². The van der Waals surface area contributed by atoms with E-state index in [1.54, 1.807) is 25.4 Å². The van der Waals surface area contributed by atoms with Gasteiger partial charge in [0.15, 0.2) is 5.78 Å². The van der Waals surface area contributed by atoms with Gasteiger partial charge in [0.05, 0.1) is 19.3 Å². The number of hydrogen-bond donors (Lipinski definition) is 1. The third kappa shape index (κ3) is 4.47. The molecule has 1 aromatic rings. The maximum atomic E-state index is 13.6. The SMILES string of the molecule is COCC(=O)[C@@]1(OC)CCC2C3CCC4(I)CC(OCCO)CCC4=C3[C@@H](c3ccc(C)cc3)C[C@@]21C. The molecule has 5 nitrogen and oxygen atoms in total. The number of aliphatic hydroxyl groups excluding tert-OH is 1. The van der Waals surface area contributed by atoms with Crippen LogP contribution in [0.1, 0.15) is 75.3 Å². The Morgan fingerprint density at radius 1 is 1.11 bits per heavy atom. The van der Waals surface area contributed by atoms with E-state index in [0.29, 0.717) is 18.4 Å². The molecule has 0 saturated heterocycles. The van der Waals surface area contributed by atoms with Gasteiger partial charge in [0, 0.05) is 29.0 Å². The minimum absolute atomic E-state index is 0.0829. The van der Waals surface area contributed by atoms with Gasteiger partial charge in [-0.25, -0.2) is 0 Å². The maximum Gasteiger partial charge on any atom is 0.190 e. The molecule has 0 heterocycles. The fraction of sp³-hybridized carbons (Fsp3) is 0.710. The first-order valence-corrected chi connectivity index (χ1v) is 15.1. The van der Waals surface area contributed by atoms with Gasteiger partial charge in [-0.3, -0.25) is 4.79 Å². The summed E-state index contributed by atoms with van der Waals surface area (Å²) < 4.78 is 17.8. The lowest BCUT2D eigenvalue weighted by atomic mass is 9.50. The lowest BCUT2D eigenvalue weighted by Crippen LogP contribution is -2.58. The number of benzene rings is 1. The molecular weight excluding hydrogens is 579 g/mol. The van der Waals surface area contributed by atoms with Gasteiger partial charge < -0.3 is 19.3 Å². The van der Waals surface area contributed by atoms with Crippen molar-refractivity contribution in [3.8, 4) is 0 Å². The molecule has 3 saturated carbocycles. The Labute approximate surface area is 235 Å². The van der Waals surface area contributed by atoms with E-state index in [1.807, 2.05) is 0 Å². The lowest BCUT2D eigenvalue weighted by Gasteiger charge is -2.57. The van der Waals surface area contributed by atoms with E-state index in [0.717, 1.165) is 51.4 Å². The molecule has 1 aromatic carbocycles. The number of ketones is 1. The second-order valence-corrected chi connectivity index (χ2v) is 14.2. The third-order valence-corrected chi connectivity index (χ3v) is 12.1. The predicted octanol–water partition coefficient (Wildman–Crippen LogP) is 5.94. The van der Waals surface area contributed by atoms with Crippen LogP contribution in [0.15, 0.2) is 35.4 Å². The molecule has 4 aliphatic rings. The molecule has 0 spiro atoms. The molecule has 5 rings (SSSR count). The summed E-state index contributed by atoms with van der Waals surface area (Å²) in [5.41, 5.74) is 4.93. The topological polar surface area (TPSA) is 65.0 Å². The minimum atomic E-state index is -0.790. The molecule has 0 radical (unpaired) electrons. The quantitative estimate of drug-likeness (QED) is 0.221. The Morgan fingerprint density at radius 3 is 2.54 bits per heavy atom. The Morgan fingerprint density at radius 2 is 1.86 bits per heavy atom. The molecule has 0 aliphatic heterocycles. The summed E-state index contributed by atoms with van der Waals surface area (Å²) in [6.07, 6.45) is 8.35. The Balaban J connectivity index is 1.61. The summed E-state index contributed by atoms with van der Waals surface area (Å²) in [7, 11) is 3.34. The van der Waals surface area contributed by atoms with Gasteiger partial charge in [0.2, 0.25) is 0 Å². The zero-order valence-corrected chi connectivity index (χ0v) is 25.0. The van der Waals surface area contributed by atoms with Crippen molar-refractivity contribution < 1.29 is 24.1 Å². The number of ether oxygens (including phenoxy) is 3. The van der Waals surface area contributed by atoms with Gasteiger partial charge in [-0.05, 0) is 75.7 Å². The van der Waals surface area contributed by atoms with Crippen LogP contribution in [0, 0.1) is 24.2 Å². The molecule has 204 valence electrons. The van der Waals surface area contributed by atoms with Crippen molar-refractivity contribution in [2.24, 2.45) is 17.3 Å². The summed E-state index contributed by atoms with van der Waals surface area (Å²) >= 11 is 2.74. The number of fused-ring (bicyclic) bond motifs is 4. The van der Waals surface area contributed by atoms with Gasteiger partial charge in [-0.15, -0.1) is 0 Å². The maximum absolute atomic E-state index is 13.6. The summed E-state index contributed by atoms with van der Waals surface area (Å²) in [6.45, 7) is 5.10. The van der Waals surface area contributed by atoms with Crippen LogP contribution in [-0.4, -0.2) is 60.1 Å². The second-order valence-electron chi connectivity index (χ2n) is 12.1. The highest BCUT2D eigenvalue weighted by Gasteiger charge is 2.67. The zero-order chi connectivity index (χ0) is 26.4. The number of halogens is 1. The Bertz CT molecular complexity index is 1040. The zero-order valence-electron chi connectivity index (χ0n) is 22.9. The summed E-state index contributed by atoms with van der Waals surface area (Å²) in [5, 5.41) is 9.30.